The molecule has 1 rings (SSSR count). The molecule has 0 aromatic carbocycles. The third-order valence-corrected chi connectivity index (χ3v) is 2.14. The van der Waals surface area contributed by atoms with Gasteiger partial charge in [0.2, 0.25) is 0 Å². The summed E-state index contributed by atoms with van der Waals surface area (Å²) in [7, 11) is 0. The third-order valence-electron chi connectivity index (χ3n) is 2.14. The first-order valence-corrected chi connectivity index (χ1v) is 4.39. The summed E-state index contributed by atoms with van der Waals surface area (Å²) in [6.07, 6.45) is 2.24. The monoisotopic (exact) mass is 187 g/mol. The molecule has 0 fully saturated rings. The van der Waals surface area contributed by atoms with Gasteiger partial charge in [0, 0.05) is 19.6 Å². The summed E-state index contributed by atoms with van der Waals surface area (Å²) in [5.74, 6) is -1.40. The highest BCUT2D eigenvalue weighted by Gasteiger charge is 2.18. The number of rotatable bonds is 3. The van der Waals surface area contributed by atoms with Gasteiger partial charge in [-0.25, -0.2) is 4.39 Å². The van der Waals surface area contributed by atoms with Crippen LogP contribution in [0.2, 0.25) is 0 Å². The topological polar surface area (TPSA) is 40.5 Å². The van der Waals surface area contributed by atoms with Gasteiger partial charge in [-0.1, -0.05) is 13.0 Å². The number of hydrogen-bond acceptors (Lipinski definition) is 2. The number of nitrogens with zero attached hydrogens (tertiary/aromatic N) is 1. The van der Waals surface area contributed by atoms with Crippen molar-refractivity contribution in [3.63, 3.8) is 0 Å². The Hall–Kier alpha value is -0.900. The maximum atomic E-state index is 12.8. The molecule has 0 aromatic heterocycles. The Morgan fingerprint density at radius 2 is 2.54 bits per heavy atom. The maximum Gasteiger partial charge on any atom is 0.307 e. The molecule has 0 saturated carbocycles. The lowest BCUT2D eigenvalue weighted by atomic mass is 10.1. The lowest BCUT2D eigenvalue weighted by Gasteiger charge is -2.25. The van der Waals surface area contributed by atoms with E-state index in [2.05, 4.69) is 0 Å². The Morgan fingerprint density at radius 1 is 1.85 bits per heavy atom. The number of carboxylic acid groups (broad SMARTS) is 1. The summed E-state index contributed by atoms with van der Waals surface area (Å²) < 4.78 is 12.8. The zero-order chi connectivity index (χ0) is 9.84. The SMILES string of the molecule is CC(CN1CCC=C(F)C1)C(=O)O. The van der Waals surface area contributed by atoms with Gasteiger partial charge in [0.15, 0.2) is 0 Å². The van der Waals surface area contributed by atoms with Crippen LogP contribution in [0, 0.1) is 5.92 Å². The average Bonchev–Trinajstić information content (AvgIpc) is 2.04. The predicted molar refractivity (Wildman–Crippen MR) is 47.0 cm³/mol. The molecule has 1 N–H and O–H groups in total. The Balaban J connectivity index is 2.38. The van der Waals surface area contributed by atoms with Gasteiger partial charge in [-0.3, -0.25) is 9.69 Å². The highest BCUT2D eigenvalue weighted by molar-refractivity contribution is 5.69. The van der Waals surface area contributed by atoms with E-state index < -0.39 is 11.9 Å². The van der Waals surface area contributed by atoms with Gasteiger partial charge in [0.05, 0.1) is 5.92 Å². The first-order chi connectivity index (χ1) is 6.09. The normalized spacial score (nSPS) is 20.9. The molecular weight excluding hydrogens is 173 g/mol. The van der Waals surface area contributed by atoms with E-state index in [0.717, 1.165) is 6.54 Å². The van der Waals surface area contributed by atoms with Crippen molar-refractivity contribution in [1.82, 2.24) is 4.90 Å². The van der Waals surface area contributed by atoms with E-state index in [1.54, 1.807) is 13.0 Å². The van der Waals surface area contributed by atoms with Gasteiger partial charge in [-0.2, -0.15) is 0 Å². The van der Waals surface area contributed by atoms with E-state index in [1.165, 1.54) is 0 Å². The van der Waals surface area contributed by atoms with Gasteiger partial charge in [-0.15, -0.1) is 0 Å². The average molecular weight is 187 g/mol. The van der Waals surface area contributed by atoms with Crippen LogP contribution >= 0.6 is 0 Å². The smallest absolute Gasteiger partial charge is 0.307 e. The Labute approximate surface area is 76.8 Å². The highest BCUT2D eigenvalue weighted by atomic mass is 19.1. The van der Waals surface area contributed by atoms with Crippen molar-refractivity contribution >= 4 is 5.97 Å². The summed E-state index contributed by atoms with van der Waals surface area (Å²) in [4.78, 5) is 12.3. The van der Waals surface area contributed by atoms with Crippen LogP contribution in [-0.4, -0.2) is 35.6 Å². The number of halogens is 1. The molecule has 0 radical (unpaired) electrons. The number of carbonyl (C=O) groups is 1. The molecule has 3 nitrogen and oxygen atoms in total. The van der Waals surface area contributed by atoms with E-state index in [4.69, 9.17) is 5.11 Å². The number of hydrogen-bond donors (Lipinski definition) is 1. The van der Waals surface area contributed by atoms with Crippen LogP contribution in [0.15, 0.2) is 11.9 Å². The molecular formula is C9H14FNO2. The van der Waals surface area contributed by atoms with Crippen molar-refractivity contribution < 1.29 is 14.3 Å². The molecule has 1 atom stereocenters. The van der Waals surface area contributed by atoms with Crippen LogP contribution in [0.1, 0.15) is 13.3 Å². The van der Waals surface area contributed by atoms with Crippen LogP contribution in [0.3, 0.4) is 0 Å². The van der Waals surface area contributed by atoms with Crippen LogP contribution in [0.25, 0.3) is 0 Å². The van der Waals surface area contributed by atoms with E-state index >= 15 is 0 Å². The molecule has 1 heterocycles. The van der Waals surface area contributed by atoms with Crippen LogP contribution < -0.4 is 0 Å². The lowest BCUT2D eigenvalue weighted by molar-refractivity contribution is -0.141. The second-order valence-corrected chi connectivity index (χ2v) is 3.41. The van der Waals surface area contributed by atoms with E-state index in [-0.39, 0.29) is 12.4 Å². The fourth-order valence-corrected chi connectivity index (χ4v) is 1.38. The van der Waals surface area contributed by atoms with Gasteiger partial charge in [0.25, 0.3) is 0 Å². The molecule has 0 saturated heterocycles. The molecule has 1 unspecified atom stereocenters. The fourth-order valence-electron chi connectivity index (χ4n) is 1.38. The highest BCUT2D eigenvalue weighted by Crippen LogP contribution is 2.12. The van der Waals surface area contributed by atoms with Gasteiger partial charge in [-0.05, 0) is 6.42 Å². The molecule has 4 heteroatoms. The van der Waals surface area contributed by atoms with Crippen molar-refractivity contribution in [3.8, 4) is 0 Å². The quantitative estimate of drug-likeness (QED) is 0.723. The predicted octanol–water partition coefficient (Wildman–Crippen LogP) is 1.27. The minimum atomic E-state index is -0.824. The molecule has 1 aliphatic rings. The summed E-state index contributed by atoms with van der Waals surface area (Å²) in [5, 5.41) is 8.64. The molecule has 0 spiro atoms. The molecule has 0 aliphatic carbocycles. The van der Waals surface area contributed by atoms with Crippen LogP contribution in [0.5, 0.6) is 0 Å². The summed E-state index contributed by atoms with van der Waals surface area (Å²) in [5.41, 5.74) is 0. The summed E-state index contributed by atoms with van der Waals surface area (Å²) >= 11 is 0. The van der Waals surface area contributed by atoms with Crippen molar-refractivity contribution in [2.24, 2.45) is 5.92 Å². The van der Waals surface area contributed by atoms with Gasteiger partial charge >= 0.3 is 5.97 Å². The first kappa shape index (κ1) is 10.2. The first-order valence-electron chi connectivity index (χ1n) is 4.39. The number of carboxylic acids is 1. The minimum Gasteiger partial charge on any atom is -0.481 e. The second-order valence-electron chi connectivity index (χ2n) is 3.41. The van der Waals surface area contributed by atoms with Crippen LogP contribution in [-0.2, 0) is 4.79 Å². The Morgan fingerprint density at radius 3 is 3.08 bits per heavy atom. The minimum absolute atomic E-state index is 0.149. The Kier molecular flexibility index (Phi) is 3.42. The van der Waals surface area contributed by atoms with Gasteiger partial charge in [0.1, 0.15) is 5.83 Å². The van der Waals surface area contributed by atoms with E-state index in [9.17, 15) is 9.18 Å². The largest absolute Gasteiger partial charge is 0.481 e. The third kappa shape index (κ3) is 3.14. The molecule has 74 valence electrons. The second kappa shape index (κ2) is 4.37. The molecule has 0 amide bonds. The Bertz CT molecular complexity index is 228. The molecule has 1 aliphatic heterocycles. The van der Waals surface area contributed by atoms with E-state index in [0.29, 0.717) is 13.0 Å². The zero-order valence-electron chi connectivity index (χ0n) is 7.66. The van der Waals surface area contributed by atoms with Crippen molar-refractivity contribution in [1.29, 1.82) is 0 Å². The zero-order valence-corrected chi connectivity index (χ0v) is 7.66. The summed E-state index contributed by atoms with van der Waals surface area (Å²) in [6.45, 7) is 3.08. The maximum absolute atomic E-state index is 12.8. The molecule has 13 heavy (non-hydrogen) atoms. The summed E-state index contributed by atoms with van der Waals surface area (Å²) in [6, 6.07) is 0. The number of aliphatic carboxylic acids is 1. The molecule has 0 aromatic rings. The fraction of sp³-hybridized carbons (Fsp3) is 0.667. The lowest BCUT2D eigenvalue weighted by Crippen LogP contribution is -2.35. The van der Waals surface area contributed by atoms with Crippen molar-refractivity contribution in [2.45, 2.75) is 13.3 Å². The standard InChI is InChI=1S/C9H14FNO2/c1-7(9(12)13)5-11-4-2-3-8(10)6-11/h3,7H,2,4-6H2,1H3,(H,12,13). The van der Waals surface area contributed by atoms with Crippen molar-refractivity contribution in [2.75, 3.05) is 19.6 Å². The van der Waals surface area contributed by atoms with Crippen molar-refractivity contribution in [3.05, 3.63) is 11.9 Å². The van der Waals surface area contributed by atoms with E-state index in [1.807, 2.05) is 4.90 Å². The van der Waals surface area contributed by atoms with Gasteiger partial charge < -0.3 is 5.11 Å². The van der Waals surface area contributed by atoms with Crippen LogP contribution in [0.4, 0.5) is 4.39 Å². The molecule has 0 bridgehead atoms.